The fourth-order valence-corrected chi connectivity index (χ4v) is 3.46. The lowest BCUT2D eigenvalue weighted by Gasteiger charge is -2.16. The highest BCUT2D eigenvalue weighted by atomic mass is 31.2. The van der Waals surface area contributed by atoms with E-state index in [0.717, 1.165) is 7.11 Å². The smallest absolute Gasteiger partial charge is 0.493 e. The fourth-order valence-electron chi connectivity index (χ4n) is 2.68. The Morgan fingerprint density at radius 3 is 1.19 bits per heavy atom. The van der Waals surface area contributed by atoms with E-state index in [1.165, 1.54) is 39.5 Å². The first kappa shape index (κ1) is 25.5. The number of ether oxygens (including phenoxy) is 4. The summed E-state index contributed by atoms with van der Waals surface area (Å²) in [7, 11) is -4.59. The van der Waals surface area contributed by atoms with Crippen LogP contribution in [-0.2, 0) is 9.13 Å². The Morgan fingerprint density at radius 1 is 0.594 bits per heavy atom. The van der Waals surface area contributed by atoms with Crippen molar-refractivity contribution >= 4 is 27.8 Å². The van der Waals surface area contributed by atoms with Gasteiger partial charge in [-0.2, -0.15) is 0 Å². The topological polar surface area (TPSA) is 170 Å². The van der Waals surface area contributed by atoms with Crippen LogP contribution in [0, 0.1) is 0 Å². The zero-order valence-electron chi connectivity index (χ0n) is 17.4. The molecule has 2 aromatic carbocycles. The fraction of sp³-hybridized carbons (Fsp3) is 0.222. The Labute approximate surface area is 183 Å². The van der Waals surface area contributed by atoms with Gasteiger partial charge in [-0.05, 0) is 35.4 Å². The molecule has 12 nitrogen and oxygen atoms in total. The van der Waals surface area contributed by atoms with E-state index in [0.29, 0.717) is 22.8 Å². The molecular weight excluding hydrogens is 470 g/mol. The van der Waals surface area contributed by atoms with Gasteiger partial charge in [-0.1, -0.05) is 12.2 Å². The van der Waals surface area contributed by atoms with Crippen molar-refractivity contribution in [3.63, 3.8) is 0 Å². The van der Waals surface area contributed by atoms with Crippen molar-refractivity contribution in [3.05, 3.63) is 35.4 Å². The highest BCUT2D eigenvalue weighted by Gasteiger charge is 2.26. The highest BCUT2D eigenvalue weighted by molar-refractivity contribution is 7.47. The molecule has 32 heavy (non-hydrogen) atoms. The molecule has 0 aromatic heterocycles. The Hall–Kier alpha value is -2.72. The molecule has 2 aromatic rings. The first-order valence-corrected chi connectivity index (χ1v) is 11.7. The molecule has 0 atom stereocenters. The van der Waals surface area contributed by atoms with E-state index in [1.807, 2.05) is 0 Å². The van der Waals surface area contributed by atoms with E-state index in [9.17, 15) is 9.13 Å². The third kappa shape index (κ3) is 6.89. The van der Waals surface area contributed by atoms with Crippen LogP contribution in [0.1, 0.15) is 11.1 Å². The van der Waals surface area contributed by atoms with E-state index in [1.54, 1.807) is 18.2 Å². The molecule has 0 aliphatic rings. The van der Waals surface area contributed by atoms with E-state index >= 15 is 0 Å². The summed E-state index contributed by atoms with van der Waals surface area (Å²) < 4.78 is 52.6. The Bertz CT molecular complexity index is 1020. The molecule has 0 bridgehead atoms. The lowest BCUT2D eigenvalue weighted by atomic mass is 10.1. The van der Waals surface area contributed by atoms with Crippen LogP contribution in [0.2, 0.25) is 0 Å². The van der Waals surface area contributed by atoms with Gasteiger partial charge in [0.25, 0.3) is 0 Å². The Morgan fingerprint density at radius 2 is 0.906 bits per heavy atom. The van der Waals surface area contributed by atoms with Gasteiger partial charge in [0.2, 0.25) is 11.5 Å². The summed E-state index contributed by atoms with van der Waals surface area (Å²) in [5, 5.41) is 0. The highest BCUT2D eigenvalue weighted by Crippen LogP contribution is 2.50. The van der Waals surface area contributed by atoms with Crippen LogP contribution >= 0.6 is 15.6 Å². The minimum Gasteiger partial charge on any atom is -0.493 e. The molecule has 0 fully saturated rings. The lowest BCUT2D eigenvalue weighted by molar-refractivity contribution is 0.267. The minimum atomic E-state index is -5.03. The van der Waals surface area contributed by atoms with E-state index in [4.69, 9.17) is 38.5 Å². The molecule has 2 rings (SSSR count). The molecular formula is C18H22O12P2. The third-order valence-corrected chi connectivity index (χ3v) is 4.71. The molecule has 0 amide bonds. The van der Waals surface area contributed by atoms with Crippen molar-refractivity contribution in [3.8, 4) is 34.5 Å². The number of rotatable bonds is 10. The average Bonchev–Trinajstić information content (AvgIpc) is 2.68. The molecule has 0 aliphatic carbocycles. The SMILES string of the molecule is COc1cc(C=Cc2cc(OP(=O)(O)O)c(OC)c(OP(=O)(O)O)c2)cc(OC)c1OC. The second kappa shape index (κ2) is 10.3. The summed E-state index contributed by atoms with van der Waals surface area (Å²) in [6.07, 6.45) is 3.05. The number of phosphoric acid groups is 2. The van der Waals surface area contributed by atoms with Crippen LogP contribution in [-0.4, -0.2) is 48.0 Å². The van der Waals surface area contributed by atoms with Crippen molar-refractivity contribution in [2.24, 2.45) is 0 Å². The lowest BCUT2D eigenvalue weighted by Crippen LogP contribution is -1.99. The summed E-state index contributed by atoms with van der Waals surface area (Å²) in [6.45, 7) is 0. The number of phosphoric ester groups is 2. The van der Waals surface area contributed by atoms with Crippen molar-refractivity contribution in [2.75, 3.05) is 28.4 Å². The van der Waals surface area contributed by atoms with Crippen molar-refractivity contribution in [1.29, 1.82) is 0 Å². The summed E-state index contributed by atoms with van der Waals surface area (Å²) in [5.74, 6) is -0.241. The maximum Gasteiger partial charge on any atom is 0.524 e. The van der Waals surface area contributed by atoms with Gasteiger partial charge in [0.1, 0.15) is 0 Å². The van der Waals surface area contributed by atoms with Gasteiger partial charge in [0.05, 0.1) is 28.4 Å². The second-order valence-corrected chi connectivity index (χ2v) is 8.33. The van der Waals surface area contributed by atoms with Gasteiger partial charge in [0, 0.05) is 0 Å². The van der Waals surface area contributed by atoms with Gasteiger partial charge in [0.15, 0.2) is 23.0 Å². The minimum absolute atomic E-state index is 0.214. The van der Waals surface area contributed by atoms with Crippen LogP contribution in [0.4, 0.5) is 0 Å². The van der Waals surface area contributed by atoms with Gasteiger partial charge in [-0.3, -0.25) is 19.6 Å². The Kier molecular flexibility index (Phi) is 8.19. The summed E-state index contributed by atoms with van der Waals surface area (Å²) in [4.78, 5) is 36.6. The molecule has 0 aliphatic heterocycles. The van der Waals surface area contributed by atoms with Crippen LogP contribution in [0.25, 0.3) is 12.2 Å². The zero-order chi connectivity index (χ0) is 24.1. The predicted octanol–water partition coefficient (Wildman–Crippen LogP) is 2.83. The van der Waals surface area contributed by atoms with Gasteiger partial charge in [-0.15, -0.1) is 0 Å². The molecule has 176 valence electrons. The molecule has 0 radical (unpaired) electrons. The Balaban J connectivity index is 2.58. The van der Waals surface area contributed by atoms with E-state index in [2.05, 4.69) is 9.05 Å². The van der Waals surface area contributed by atoms with Gasteiger partial charge < -0.3 is 28.0 Å². The van der Waals surface area contributed by atoms with Crippen LogP contribution in [0.3, 0.4) is 0 Å². The number of benzene rings is 2. The molecule has 0 saturated carbocycles. The van der Waals surface area contributed by atoms with Crippen molar-refractivity contribution in [1.82, 2.24) is 0 Å². The maximum absolute atomic E-state index is 11.3. The predicted molar refractivity (Wildman–Crippen MR) is 113 cm³/mol. The standard InChI is InChI=1S/C18H22O12P2/c1-25-13-7-11(8-14(26-2)17(13)27-3)5-6-12-9-15(29-31(19,20)21)18(28-4)16(10-12)30-32(22,23)24/h5-10H,1-4H3,(H2,19,20,21)(H2,22,23,24). The van der Waals surface area contributed by atoms with E-state index < -0.39 is 32.9 Å². The van der Waals surface area contributed by atoms with Crippen LogP contribution in [0.15, 0.2) is 24.3 Å². The quantitative estimate of drug-likeness (QED) is 0.283. The van der Waals surface area contributed by atoms with Crippen LogP contribution in [0.5, 0.6) is 34.5 Å². The first-order chi connectivity index (χ1) is 14.9. The number of methoxy groups -OCH3 is 4. The molecule has 4 N–H and O–H groups in total. The molecule has 0 heterocycles. The largest absolute Gasteiger partial charge is 0.524 e. The number of hydrogen-bond acceptors (Lipinski definition) is 8. The molecule has 0 unspecified atom stereocenters. The molecule has 0 saturated heterocycles. The normalized spacial score (nSPS) is 11.9. The van der Waals surface area contributed by atoms with E-state index in [-0.39, 0.29) is 5.56 Å². The zero-order valence-corrected chi connectivity index (χ0v) is 19.2. The monoisotopic (exact) mass is 492 g/mol. The van der Waals surface area contributed by atoms with Gasteiger partial charge >= 0.3 is 15.6 Å². The summed E-state index contributed by atoms with van der Waals surface area (Å²) in [6, 6.07) is 5.67. The molecule has 0 spiro atoms. The van der Waals surface area contributed by atoms with Gasteiger partial charge in [-0.25, -0.2) is 9.13 Å². The average molecular weight is 492 g/mol. The summed E-state index contributed by atoms with van der Waals surface area (Å²) >= 11 is 0. The maximum atomic E-state index is 11.3. The number of hydrogen-bond donors (Lipinski definition) is 4. The second-order valence-electron chi connectivity index (χ2n) is 6.01. The van der Waals surface area contributed by atoms with Crippen molar-refractivity contribution < 1.29 is 56.7 Å². The molecule has 14 heteroatoms. The van der Waals surface area contributed by atoms with Crippen LogP contribution < -0.4 is 28.0 Å². The first-order valence-electron chi connectivity index (χ1n) is 8.61. The third-order valence-electron chi connectivity index (χ3n) is 3.84. The summed E-state index contributed by atoms with van der Waals surface area (Å²) in [5.41, 5.74) is 0.802. The van der Waals surface area contributed by atoms with Crippen molar-refractivity contribution in [2.45, 2.75) is 0 Å².